The average molecular weight is 691 g/mol. The zero-order chi connectivity index (χ0) is 38.5. The lowest BCUT2D eigenvalue weighted by Gasteiger charge is -2.26. The third kappa shape index (κ3) is 10.9. The van der Waals surface area contributed by atoms with E-state index in [1.54, 1.807) is 0 Å². The number of benzene rings is 4. The Bertz CT molecular complexity index is 1570. The summed E-state index contributed by atoms with van der Waals surface area (Å²) in [5.41, 5.74) is 11.3. The van der Waals surface area contributed by atoms with E-state index in [9.17, 15) is 10.8 Å². The summed E-state index contributed by atoms with van der Waals surface area (Å²) in [5.74, 6) is -0.226. The first-order valence-electron chi connectivity index (χ1n) is 19.4. The Balaban J connectivity index is 1.47. The van der Waals surface area contributed by atoms with E-state index in [0.29, 0.717) is 11.2 Å². The Hall–Kier alpha value is -3.65. The van der Waals surface area contributed by atoms with Gasteiger partial charge in [0.1, 0.15) is 0 Å². The van der Waals surface area contributed by atoms with Gasteiger partial charge in [0.2, 0.25) is 0 Å². The minimum atomic E-state index is -0.113. The predicted octanol–water partition coefficient (Wildman–Crippen LogP) is 12.8. The van der Waals surface area contributed by atoms with Gasteiger partial charge >= 0.3 is 0 Å². The zero-order valence-electron chi connectivity index (χ0n) is 34.4. The topological polar surface area (TPSA) is 47.7 Å². The molecule has 0 atom stereocenters. The molecule has 0 spiro atoms. The standard InChI is InChI=1S/C48H64B2N2/c1-45(2,3)37-23-15-19-33(29-37)41(34-20-16-24-38(30-34)46(4,5)6)43(51)49-27-13-14-28-50-44(52)42(35-21-17-25-39(31-35)47(7,8)9)36-22-18-26-40(32-36)48(10,11)12/h15-26,29-32,41-42,51-52H,13-14,27-28H2,1-12H3. The van der Waals surface area contributed by atoms with Crippen LogP contribution < -0.4 is 0 Å². The van der Waals surface area contributed by atoms with Gasteiger partial charge in [-0.2, -0.15) is 0 Å². The van der Waals surface area contributed by atoms with Crippen LogP contribution in [-0.2, 0) is 21.7 Å². The van der Waals surface area contributed by atoms with Gasteiger partial charge in [-0.05, 0) is 77.4 Å². The molecule has 4 aromatic rings. The molecule has 0 aliphatic heterocycles. The van der Waals surface area contributed by atoms with E-state index in [-0.39, 0.29) is 33.5 Å². The lowest BCUT2D eigenvalue weighted by Crippen LogP contribution is -2.22. The molecule has 2 radical (unpaired) electrons. The van der Waals surface area contributed by atoms with Gasteiger partial charge in [0.15, 0.2) is 14.6 Å². The van der Waals surface area contributed by atoms with Crippen LogP contribution in [0.1, 0.15) is 152 Å². The van der Waals surface area contributed by atoms with E-state index in [2.05, 4.69) is 195 Å². The molecule has 0 fully saturated rings. The minimum Gasteiger partial charge on any atom is -0.319 e. The van der Waals surface area contributed by atoms with Crippen LogP contribution in [0, 0.1) is 10.8 Å². The summed E-state index contributed by atoms with van der Waals surface area (Å²) >= 11 is 0. The zero-order valence-corrected chi connectivity index (χ0v) is 34.4. The lowest BCUT2D eigenvalue weighted by atomic mass is 9.58. The van der Waals surface area contributed by atoms with E-state index < -0.39 is 0 Å². The number of rotatable bonds is 13. The number of hydrogen-bond donors (Lipinski definition) is 2. The van der Waals surface area contributed by atoms with Crippen LogP contribution in [-0.4, -0.2) is 25.8 Å². The summed E-state index contributed by atoms with van der Waals surface area (Å²) in [4.78, 5) is 0. The molecule has 0 aliphatic rings. The normalized spacial score (nSPS) is 12.7. The van der Waals surface area contributed by atoms with Crippen LogP contribution in [0.3, 0.4) is 0 Å². The molecule has 272 valence electrons. The molecule has 0 heterocycles. The fourth-order valence-electron chi connectivity index (χ4n) is 6.88. The van der Waals surface area contributed by atoms with Crippen molar-refractivity contribution in [3.63, 3.8) is 0 Å². The molecule has 0 saturated carbocycles. The van der Waals surface area contributed by atoms with Crippen molar-refractivity contribution in [1.82, 2.24) is 0 Å². The van der Waals surface area contributed by atoms with E-state index in [4.69, 9.17) is 0 Å². The Kier molecular flexibility index (Phi) is 13.1. The van der Waals surface area contributed by atoms with Crippen molar-refractivity contribution in [2.75, 3.05) is 0 Å². The lowest BCUT2D eigenvalue weighted by molar-refractivity contribution is 0.588. The Labute approximate surface area is 319 Å². The molecule has 0 amide bonds. The second-order valence-corrected chi connectivity index (χ2v) is 19.0. The van der Waals surface area contributed by atoms with Crippen LogP contribution in [0.15, 0.2) is 97.1 Å². The molecule has 2 nitrogen and oxygen atoms in total. The van der Waals surface area contributed by atoms with Crippen molar-refractivity contribution in [2.24, 2.45) is 0 Å². The first kappa shape index (κ1) is 41.1. The van der Waals surface area contributed by atoms with Crippen molar-refractivity contribution in [1.29, 1.82) is 10.8 Å². The summed E-state index contributed by atoms with van der Waals surface area (Å²) < 4.78 is 0. The van der Waals surface area contributed by atoms with Crippen LogP contribution in [0.25, 0.3) is 0 Å². The highest BCUT2D eigenvalue weighted by molar-refractivity contribution is 6.76. The monoisotopic (exact) mass is 691 g/mol. The van der Waals surface area contributed by atoms with Gasteiger partial charge in [0.05, 0.1) is 0 Å². The summed E-state index contributed by atoms with van der Waals surface area (Å²) in [6, 6.07) is 35.4. The minimum absolute atomic E-state index is 0.0354. The maximum atomic E-state index is 9.39. The molecule has 2 N–H and O–H groups in total. The van der Waals surface area contributed by atoms with Crippen molar-refractivity contribution in [3.05, 3.63) is 142 Å². The molecule has 0 aromatic heterocycles. The molecular weight excluding hydrogens is 626 g/mol. The van der Waals surface area contributed by atoms with E-state index in [1.807, 2.05) is 0 Å². The molecule has 52 heavy (non-hydrogen) atoms. The largest absolute Gasteiger partial charge is 0.319 e. The molecule has 4 aromatic carbocycles. The number of hydrogen-bond acceptors (Lipinski definition) is 2. The average Bonchev–Trinajstić information content (AvgIpc) is 3.05. The molecule has 4 heteroatoms. The third-order valence-corrected chi connectivity index (χ3v) is 10.4. The van der Waals surface area contributed by atoms with Gasteiger partial charge in [0, 0.05) is 11.8 Å². The van der Waals surface area contributed by atoms with Gasteiger partial charge in [-0.15, -0.1) is 0 Å². The molecule has 0 saturated heterocycles. The molecule has 0 unspecified atom stereocenters. The highest BCUT2D eigenvalue weighted by atomic mass is 14.4. The maximum Gasteiger partial charge on any atom is 0.172 e. The van der Waals surface area contributed by atoms with Crippen LogP contribution in [0.4, 0.5) is 0 Å². The summed E-state index contributed by atoms with van der Waals surface area (Å²) in [6.45, 7) is 27.0. The number of nitrogens with one attached hydrogen (secondary N) is 2. The SMILES string of the molecule is CC(C)(C)c1cccc(C(C(=N)[B]CCCC[B]C(=N)C(c2cccc(C(C)(C)C)c2)c2cccc(C(C)(C)C)c2)c2cccc(C(C)(C)C)c2)c1. The highest BCUT2D eigenvalue weighted by Crippen LogP contribution is 2.35. The Morgan fingerprint density at radius 1 is 0.423 bits per heavy atom. The fourth-order valence-corrected chi connectivity index (χ4v) is 6.88. The van der Waals surface area contributed by atoms with Crippen LogP contribution >= 0.6 is 0 Å². The second kappa shape index (κ2) is 16.6. The highest BCUT2D eigenvalue weighted by Gasteiger charge is 2.26. The van der Waals surface area contributed by atoms with E-state index >= 15 is 0 Å². The van der Waals surface area contributed by atoms with Gasteiger partial charge < -0.3 is 10.8 Å². The smallest absolute Gasteiger partial charge is 0.172 e. The van der Waals surface area contributed by atoms with Crippen LogP contribution in [0.5, 0.6) is 0 Å². The number of unbranched alkanes of at least 4 members (excludes halogenated alkanes) is 1. The van der Waals surface area contributed by atoms with Gasteiger partial charge in [-0.3, -0.25) is 0 Å². The molecular formula is C48H64B2N2. The first-order valence-corrected chi connectivity index (χ1v) is 19.4. The second-order valence-electron chi connectivity index (χ2n) is 19.0. The Morgan fingerprint density at radius 3 is 0.865 bits per heavy atom. The fraction of sp³-hybridized carbons (Fsp3) is 0.458. The van der Waals surface area contributed by atoms with Gasteiger partial charge in [-0.1, -0.05) is 206 Å². The van der Waals surface area contributed by atoms with Crippen molar-refractivity contribution in [3.8, 4) is 0 Å². The van der Waals surface area contributed by atoms with Crippen molar-refractivity contribution < 1.29 is 0 Å². The third-order valence-electron chi connectivity index (χ3n) is 10.4. The van der Waals surface area contributed by atoms with Crippen LogP contribution in [0.2, 0.25) is 12.6 Å². The first-order chi connectivity index (χ1) is 24.2. The van der Waals surface area contributed by atoms with Gasteiger partial charge in [0.25, 0.3) is 0 Å². The van der Waals surface area contributed by atoms with Crippen molar-refractivity contribution >= 4 is 25.8 Å². The van der Waals surface area contributed by atoms with Crippen molar-refractivity contribution in [2.45, 2.75) is 142 Å². The van der Waals surface area contributed by atoms with Gasteiger partial charge in [-0.25, -0.2) is 0 Å². The summed E-state index contributed by atoms with van der Waals surface area (Å²) in [5, 5.41) is 18.8. The quantitative estimate of drug-likeness (QED) is 0.0797. The van der Waals surface area contributed by atoms with E-state index in [1.165, 1.54) is 44.5 Å². The molecule has 4 rings (SSSR count). The predicted molar refractivity (Wildman–Crippen MR) is 230 cm³/mol. The molecule has 0 aliphatic carbocycles. The summed E-state index contributed by atoms with van der Waals surface area (Å²) in [6.07, 6.45) is 3.65. The van der Waals surface area contributed by atoms with E-state index in [0.717, 1.165) is 25.5 Å². The summed E-state index contributed by atoms with van der Waals surface area (Å²) in [7, 11) is 4.28. The molecule has 0 bridgehead atoms. The Morgan fingerprint density at radius 2 is 0.654 bits per heavy atom. The maximum absolute atomic E-state index is 9.39.